The lowest BCUT2D eigenvalue weighted by atomic mass is 9.79. The maximum Gasteiger partial charge on any atom is 0.231 e. The lowest BCUT2D eigenvalue weighted by Gasteiger charge is -2.50. The largest absolute Gasteiger partial charge is 0.454 e. The Morgan fingerprint density at radius 1 is 0.966 bits per heavy atom. The van der Waals surface area contributed by atoms with Crippen molar-refractivity contribution in [2.45, 2.75) is 13.0 Å². The van der Waals surface area contributed by atoms with Gasteiger partial charge in [-0.3, -0.25) is 9.69 Å². The number of rotatable bonds is 4. The smallest absolute Gasteiger partial charge is 0.231 e. The zero-order valence-electron chi connectivity index (χ0n) is 16.5. The fourth-order valence-corrected chi connectivity index (χ4v) is 4.59. The maximum atomic E-state index is 13.0. The second kappa shape index (κ2) is 7.69. The molecule has 2 saturated heterocycles. The Balaban J connectivity index is 1.20. The van der Waals surface area contributed by atoms with Crippen LogP contribution in [0.3, 0.4) is 0 Å². The summed E-state index contributed by atoms with van der Waals surface area (Å²) in [6.07, 6.45) is 0.375. The van der Waals surface area contributed by atoms with Crippen LogP contribution in [-0.4, -0.2) is 61.9 Å². The van der Waals surface area contributed by atoms with Gasteiger partial charge in [0.2, 0.25) is 12.7 Å². The minimum Gasteiger partial charge on any atom is -0.454 e. The summed E-state index contributed by atoms with van der Waals surface area (Å²) in [5.74, 6) is 1.62. The minimum atomic E-state index is 0.0514. The van der Waals surface area contributed by atoms with Crippen LogP contribution >= 0.6 is 0 Å². The van der Waals surface area contributed by atoms with Crippen LogP contribution in [0.4, 0.5) is 0 Å². The molecule has 0 atom stereocenters. The fraction of sp³-hybridized carbons (Fsp3) is 0.435. The van der Waals surface area contributed by atoms with Gasteiger partial charge in [0.25, 0.3) is 0 Å². The number of ether oxygens (including phenoxy) is 3. The molecule has 2 aromatic rings. The maximum absolute atomic E-state index is 13.0. The highest BCUT2D eigenvalue weighted by Gasteiger charge is 2.46. The molecular formula is C23H26N2O4. The van der Waals surface area contributed by atoms with Crippen LogP contribution in [0.2, 0.25) is 0 Å². The number of amides is 1. The van der Waals surface area contributed by atoms with E-state index in [9.17, 15) is 4.79 Å². The van der Waals surface area contributed by atoms with E-state index in [1.54, 1.807) is 0 Å². The minimum absolute atomic E-state index is 0.0514. The highest BCUT2D eigenvalue weighted by atomic mass is 16.7. The summed E-state index contributed by atoms with van der Waals surface area (Å²) in [4.78, 5) is 17.4. The molecule has 0 unspecified atom stereocenters. The third kappa shape index (κ3) is 3.95. The molecule has 0 radical (unpaired) electrons. The quantitative estimate of drug-likeness (QED) is 0.797. The van der Waals surface area contributed by atoms with Crippen molar-refractivity contribution in [2.24, 2.45) is 5.41 Å². The van der Waals surface area contributed by atoms with E-state index in [1.165, 1.54) is 5.56 Å². The number of nitrogens with zero attached hydrogens (tertiary/aromatic N) is 2. The molecule has 0 bridgehead atoms. The Labute approximate surface area is 171 Å². The molecular weight excluding hydrogens is 368 g/mol. The monoisotopic (exact) mass is 394 g/mol. The molecule has 1 spiro atoms. The van der Waals surface area contributed by atoms with Crippen LogP contribution in [0, 0.1) is 5.41 Å². The first-order valence-electron chi connectivity index (χ1n) is 10.2. The number of hydrogen-bond acceptors (Lipinski definition) is 5. The normalized spacial score (nSPS) is 20.3. The Morgan fingerprint density at radius 3 is 2.66 bits per heavy atom. The van der Waals surface area contributed by atoms with Crippen molar-refractivity contribution in [3.05, 3.63) is 59.7 Å². The van der Waals surface area contributed by atoms with Gasteiger partial charge >= 0.3 is 0 Å². The molecule has 0 saturated carbocycles. The van der Waals surface area contributed by atoms with Crippen molar-refractivity contribution in [3.63, 3.8) is 0 Å². The van der Waals surface area contributed by atoms with Crippen LogP contribution in [0.5, 0.6) is 11.5 Å². The van der Waals surface area contributed by atoms with E-state index >= 15 is 0 Å². The molecule has 5 rings (SSSR count). The molecule has 2 aromatic carbocycles. The molecule has 0 N–H and O–H groups in total. The standard InChI is InChI=1S/C23H26N2O4/c26-22(11-19-6-7-20-21(10-19)29-17-28-20)25-8-9-27-16-23(15-25)13-24(14-23)12-18-4-2-1-3-5-18/h1-7,10H,8-9,11-17H2. The van der Waals surface area contributed by atoms with Gasteiger partial charge < -0.3 is 19.1 Å². The lowest BCUT2D eigenvalue weighted by molar-refractivity contribution is -0.134. The second-order valence-corrected chi connectivity index (χ2v) is 8.36. The molecule has 152 valence electrons. The third-order valence-corrected chi connectivity index (χ3v) is 5.95. The number of likely N-dealkylation sites (tertiary alicyclic amines) is 1. The summed E-state index contributed by atoms with van der Waals surface area (Å²) < 4.78 is 16.7. The highest BCUT2D eigenvalue weighted by molar-refractivity contribution is 5.79. The van der Waals surface area contributed by atoms with E-state index in [2.05, 4.69) is 29.2 Å². The molecule has 6 nitrogen and oxygen atoms in total. The number of carbonyl (C=O) groups is 1. The van der Waals surface area contributed by atoms with Crippen LogP contribution in [-0.2, 0) is 22.5 Å². The Hall–Kier alpha value is -2.57. The molecule has 3 aliphatic rings. The highest BCUT2D eigenvalue weighted by Crippen LogP contribution is 2.35. The van der Waals surface area contributed by atoms with Crippen molar-refractivity contribution in [3.8, 4) is 11.5 Å². The summed E-state index contributed by atoms with van der Waals surface area (Å²) in [7, 11) is 0. The van der Waals surface area contributed by atoms with Gasteiger partial charge in [0.1, 0.15) is 0 Å². The van der Waals surface area contributed by atoms with Crippen LogP contribution in [0.1, 0.15) is 11.1 Å². The first-order chi connectivity index (χ1) is 14.2. The van der Waals surface area contributed by atoms with Gasteiger partial charge in [-0.1, -0.05) is 36.4 Å². The summed E-state index contributed by atoms with van der Waals surface area (Å²) in [6.45, 7) is 5.89. The SMILES string of the molecule is O=C(Cc1ccc2c(c1)OCO2)N1CCOCC2(CN(Cc3ccccc3)C2)C1. The first kappa shape index (κ1) is 18.5. The molecule has 6 heteroatoms. The van der Waals surface area contributed by atoms with Crippen molar-refractivity contribution in [1.29, 1.82) is 0 Å². The fourth-order valence-electron chi connectivity index (χ4n) is 4.59. The predicted octanol–water partition coefficient (Wildman–Crippen LogP) is 2.32. The first-order valence-corrected chi connectivity index (χ1v) is 10.2. The van der Waals surface area contributed by atoms with E-state index in [4.69, 9.17) is 14.2 Å². The van der Waals surface area contributed by atoms with Crippen molar-refractivity contribution < 1.29 is 19.0 Å². The second-order valence-electron chi connectivity index (χ2n) is 8.36. The average molecular weight is 394 g/mol. The zero-order valence-corrected chi connectivity index (χ0v) is 16.5. The average Bonchev–Trinajstić information content (AvgIpc) is 3.05. The van der Waals surface area contributed by atoms with Gasteiger partial charge in [-0.2, -0.15) is 0 Å². The van der Waals surface area contributed by atoms with Crippen molar-refractivity contribution in [1.82, 2.24) is 9.80 Å². The Kier molecular flexibility index (Phi) is 4.89. The number of carbonyl (C=O) groups excluding carboxylic acids is 1. The van der Waals surface area contributed by atoms with E-state index in [0.717, 1.165) is 49.8 Å². The van der Waals surface area contributed by atoms with E-state index in [1.807, 2.05) is 29.2 Å². The van der Waals surface area contributed by atoms with Crippen LogP contribution < -0.4 is 9.47 Å². The van der Waals surface area contributed by atoms with Gasteiger partial charge in [0, 0.05) is 38.1 Å². The van der Waals surface area contributed by atoms with Crippen LogP contribution in [0.15, 0.2) is 48.5 Å². The van der Waals surface area contributed by atoms with Crippen LogP contribution in [0.25, 0.3) is 0 Å². The molecule has 29 heavy (non-hydrogen) atoms. The number of benzene rings is 2. The summed E-state index contributed by atoms with van der Waals surface area (Å²) in [5.41, 5.74) is 2.33. The van der Waals surface area contributed by atoms with Gasteiger partial charge in [-0.15, -0.1) is 0 Å². The Bertz CT molecular complexity index is 880. The lowest BCUT2D eigenvalue weighted by Crippen LogP contribution is -2.62. The topological polar surface area (TPSA) is 51.2 Å². The van der Waals surface area contributed by atoms with Gasteiger partial charge in [-0.05, 0) is 23.3 Å². The number of hydrogen-bond donors (Lipinski definition) is 0. The molecule has 0 aromatic heterocycles. The molecule has 2 fully saturated rings. The summed E-state index contributed by atoms with van der Waals surface area (Å²) >= 11 is 0. The Morgan fingerprint density at radius 2 is 1.79 bits per heavy atom. The molecule has 1 amide bonds. The van der Waals surface area contributed by atoms with Gasteiger partial charge in [0.05, 0.1) is 19.6 Å². The van der Waals surface area contributed by atoms with E-state index < -0.39 is 0 Å². The molecule has 3 aliphatic heterocycles. The predicted molar refractivity (Wildman–Crippen MR) is 108 cm³/mol. The summed E-state index contributed by atoms with van der Waals surface area (Å²) in [6, 6.07) is 16.3. The summed E-state index contributed by atoms with van der Waals surface area (Å²) in [5, 5.41) is 0. The number of fused-ring (bicyclic) bond motifs is 1. The van der Waals surface area contributed by atoms with Crippen molar-refractivity contribution >= 4 is 5.91 Å². The zero-order chi connectivity index (χ0) is 19.7. The van der Waals surface area contributed by atoms with Gasteiger partial charge in [0.15, 0.2) is 11.5 Å². The van der Waals surface area contributed by atoms with Gasteiger partial charge in [-0.25, -0.2) is 0 Å². The molecule has 0 aliphatic carbocycles. The third-order valence-electron chi connectivity index (χ3n) is 5.95. The van der Waals surface area contributed by atoms with E-state index in [0.29, 0.717) is 19.6 Å². The molecule has 3 heterocycles. The van der Waals surface area contributed by atoms with Crippen molar-refractivity contribution in [2.75, 3.05) is 46.2 Å². The van der Waals surface area contributed by atoms with E-state index in [-0.39, 0.29) is 18.1 Å².